The van der Waals surface area contributed by atoms with E-state index < -0.39 is 6.16 Å². The Labute approximate surface area is 68.9 Å². The Morgan fingerprint density at radius 1 is 1.12 bits per heavy atom. The van der Waals surface area contributed by atoms with Gasteiger partial charge in [0, 0.05) is 36.5 Å². The quantitative estimate of drug-likeness (QED) is 0.493. The van der Waals surface area contributed by atoms with E-state index in [0.29, 0.717) is 0 Å². The molecule has 0 fully saturated rings. The number of carbonyl (C=O) groups is 1. The minimum Gasteiger partial charge on any atom is -0.450 e. The summed E-state index contributed by atoms with van der Waals surface area (Å²) in [6.07, 6.45) is -1.83. The van der Waals surface area contributed by atoms with E-state index in [9.17, 15) is 0 Å². The zero-order chi connectivity index (χ0) is 3.58. The minimum absolute atomic E-state index is 0. The summed E-state index contributed by atoms with van der Waals surface area (Å²) in [6, 6.07) is 0. The fourth-order valence-corrected chi connectivity index (χ4v) is 0. The average Bonchev–Trinajstić information content (AvgIpc) is 0.811. The number of hydrogen-bond donors (Lipinski definition) is 2. The number of carboxylic acid groups (broad SMARTS) is 2. The first-order chi connectivity index (χ1) is 1.73. The monoisotopic (exact) mass is 225 g/mol. The molecule has 1 radical (unpaired) electrons. The molecule has 0 amide bonds. The van der Waals surface area contributed by atoms with Crippen LogP contribution < -0.4 is 0 Å². The third kappa shape index (κ3) is 1630. The Morgan fingerprint density at radius 3 is 1.12 bits per heavy atom. The van der Waals surface area contributed by atoms with Crippen molar-refractivity contribution in [3.8, 4) is 0 Å². The van der Waals surface area contributed by atoms with Gasteiger partial charge < -0.3 is 21.2 Å². The fourth-order valence-electron chi connectivity index (χ4n) is 0. The van der Waals surface area contributed by atoms with Gasteiger partial charge >= 0.3 is 6.16 Å². The first-order valence-electron chi connectivity index (χ1n) is 0.651. The van der Waals surface area contributed by atoms with Gasteiger partial charge in [-0.3, -0.25) is 0 Å². The van der Waals surface area contributed by atoms with Crippen LogP contribution in [0.3, 0.4) is 0 Å². The summed E-state index contributed by atoms with van der Waals surface area (Å²) in [6.45, 7) is 0. The summed E-state index contributed by atoms with van der Waals surface area (Å²) < 4.78 is 0. The molecule has 7 heteroatoms. The average molecular weight is 227 g/mol. The Kier molecular flexibility index (Phi) is 133. The molecule has 0 aliphatic carbocycles. The Hall–Kier alpha value is 0.333. The Bertz CT molecular complexity index is 35.4. The maximum Gasteiger partial charge on any atom is 0.503 e. The Balaban J connectivity index is -0.00000000750. The molecule has 0 aromatic heterocycles. The van der Waals surface area contributed by atoms with Crippen LogP contribution >= 0.6 is 0 Å². The van der Waals surface area contributed by atoms with Gasteiger partial charge in [-0.15, -0.1) is 0 Å². The molecule has 0 aromatic carbocycles. The second-order valence-electron chi connectivity index (χ2n) is 0.283. The third-order valence-electron chi connectivity index (χ3n) is 0. The minimum atomic E-state index is -1.83. The van der Waals surface area contributed by atoms with E-state index in [-0.39, 0.29) is 47.5 Å². The van der Waals surface area contributed by atoms with E-state index in [1.54, 1.807) is 0 Å². The van der Waals surface area contributed by atoms with Crippen molar-refractivity contribution in [2.45, 2.75) is 0 Å². The van der Waals surface area contributed by atoms with Crippen molar-refractivity contribution >= 4 is 6.16 Å². The van der Waals surface area contributed by atoms with Gasteiger partial charge in [-0.25, -0.2) is 4.79 Å². The molecular weight excluding hydrogens is 221 g/mol. The molecule has 0 saturated carbocycles. The van der Waals surface area contributed by atoms with Crippen LogP contribution in [0.4, 0.5) is 4.79 Å². The molecule has 0 spiro atoms. The van der Waals surface area contributed by atoms with Crippen molar-refractivity contribution in [3.05, 3.63) is 0 Å². The fraction of sp³-hybridized carbons (Fsp3) is 0. The van der Waals surface area contributed by atoms with Crippen molar-refractivity contribution in [1.82, 2.24) is 0 Å². The predicted molar refractivity (Wildman–Crippen MR) is 17.9 cm³/mol. The summed E-state index contributed by atoms with van der Waals surface area (Å²) in [4.78, 5) is 8.56. The summed E-state index contributed by atoms with van der Waals surface area (Å²) in [5.41, 5.74) is 0. The van der Waals surface area contributed by atoms with Crippen molar-refractivity contribution < 1.29 is 62.5 Å². The van der Waals surface area contributed by atoms with E-state index in [1.807, 2.05) is 0 Å². The van der Waals surface area contributed by atoms with Crippen LogP contribution in [0.2, 0.25) is 0 Å². The molecule has 0 rings (SSSR count). The molecule has 0 aliphatic rings. The first-order valence-corrected chi connectivity index (χ1v) is 0.651. The van der Waals surface area contributed by atoms with Gasteiger partial charge in [0.1, 0.15) is 0 Å². The zero-order valence-corrected chi connectivity index (χ0v) is 7.72. The van der Waals surface area contributed by atoms with E-state index in [0.717, 1.165) is 0 Å². The van der Waals surface area contributed by atoms with Gasteiger partial charge in [-0.1, -0.05) is 0 Å². The molecule has 0 heterocycles. The molecule has 0 aliphatic heterocycles. The van der Waals surface area contributed by atoms with Crippen molar-refractivity contribution in [3.63, 3.8) is 0 Å². The molecule has 0 unspecified atom stereocenters. The molecule has 6 N–H and O–H groups in total. The van der Waals surface area contributed by atoms with Gasteiger partial charge in [-0.05, 0) is 0 Å². The molecule has 53 valence electrons. The zero-order valence-electron chi connectivity index (χ0n) is 3.81. The van der Waals surface area contributed by atoms with Crippen LogP contribution in [-0.4, -0.2) is 27.3 Å². The topological polar surface area (TPSA) is 121 Å². The largest absolute Gasteiger partial charge is 0.503 e. The predicted octanol–water partition coefficient (Wildman–Crippen LogP) is -1.43. The van der Waals surface area contributed by atoms with Gasteiger partial charge in [0.2, 0.25) is 0 Å². The maximum absolute atomic E-state index is 8.56. The van der Waals surface area contributed by atoms with Crippen LogP contribution in [0.15, 0.2) is 0 Å². The molecule has 0 bridgehead atoms. The van der Waals surface area contributed by atoms with Crippen LogP contribution in [0, 0.1) is 0 Å². The summed E-state index contributed by atoms with van der Waals surface area (Å²) in [5, 5.41) is 13.9. The smallest absolute Gasteiger partial charge is 0.450 e. The molecule has 5 nitrogen and oxygen atoms in total. The van der Waals surface area contributed by atoms with Crippen molar-refractivity contribution in [1.29, 1.82) is 0 Å². The standard InChI is InChI=1S/CH2O3.Cu.2H2O.Zn/c2-1(3)4;;;;/h(H2,2,3,4);;2*1H2;. The van der Waals surface area contributed by atoms with Gasteiger partial charge in [0.25, 0.3) is 0 Å². The molecule has 0 aromatic rings. The maximum atomic E-state index is 8.56. The Morgan fingerprint density at radius 2 is 1.12 bits per heavy atom. The van der Waals surface area contributed by atoms with Crippen LogP contribution in [-0.2, 0) is 36.5 Å². The van der Waals surface area contributed by atoms with Crippen molar-refractivity contribution in [2.75, 3.05) is 0 Å². The normalized spacial score (nSPS) is 3.00. The van der Waals surface area contributed by atoms with Crippen LogP contribution in [0.5, 0.6) is 0 Å². The van der Waals surface area contributed by atoms with E-state index in [2.05, 4.69) is 0 Å². The van der Waals surface area contributed by atoms with E-state index >= 15 is 0 Å². The second-order valence-corrected chi connectivity index (χ2v) is 0.283. The van der Waals surface area contributed by atoms with Gasteiger partial charge in [0.15, 0.2) is 0 Å². The van der Waals surface area contributed by atoms with Crippen molar-refractivity contribution in [2.24, 2.45) is 0 Å². The van der Waals surface area contributed by atoms with E-state index in [1.165, 1.54) is 0 Å². The SMILES string of the molecule is O.O.O=C(O)O.[Cu].[Zn]. The summed E-state index contributed by atoms with van der Waals surface area (Å²) in [7, 11) is 0. The molecule has 8 heavy (non-hydrogen) atoms. The molecule has 0 atom stereocenters. The van der Waals surface area contributed by atoms with Crippen LogP contribution in [0.1, 0.15) is 0 Å². The molecular formula is CH6CuO5Zn. The summed E-state index contributed by atoms with van der Waals surface area (Å²) >= 11 is 0. The van der Waals surface area contributed by atoms with Gasteiger partial charge in [0.05, 0.1) is 0 Å². The number of rotatable bonds is 0. The van der Waals surface area contributed by atoms with Gasteiger partial charge in [-0.2, -0.15) is 0 Å². The third-order valence-corrected chi connectivity index (χ3v) is 0. The second kappa shape index (κ2) is 26.5. The summed E-state index contributed by atoms with van der Waals surface area (Å²) in [5.74, 6) is 0. The molecule has 0 saturated heterocycles. The van der Waals surface area contributed by atoms with Crippen LogP contribution in [0.25, 0.3) is 0 Å². The first kappa shape index (κ1) is 40.3. The number of hydrogen-bond acceptors (Lipinski definition) is 1. The van der Waals surface area contributed by atoms with E-state index in [4.69, 9.17) is 15.0 Å².